The number of amides is 1. The normalized spacial score (nSPS) is 17.0. The van der Waals surface area contributed by atoms with E-state index in [1.165, 1.54) is 30.3 Å². The van der Waals surface area contributed by atoms with Crippen molar-refractivity contribution in [3.8, 4) is 0 Å². The second-order valence-electron chi connectivity index (χ2n) is 5.37. The molecule has 2 heterocycles. The highest BCUT2D eigenvalue weighted by Gasteiger charge is 2.34. The highest BCUT2D eigenvalue weighted by atomic mass is 19.1. The monoisotopic (exact) mass is 315 g/mol. The van der Waals surface area contributed by atoms with Crippen molar-refractivity contribution in [3.05, 3.63) is 59.2 Å². The van der Waals surface area contributed by atoms with Gasteiger partial charge < -0.3 is 10.0 Å². The number of aromatic nitrogens is 2. The largest absolute Gasteiger partial charge is 0.507 e. The van der Waals surface area contributed by atoms with Crippen molar-refractivity contribution in [2.45, 2.75) is 6.54 Å². The Bertz CT molecular complexity index is 808. The van der Waals surface area contributed by atoms with E-state index in [9.17, 15) is 19.1 Å². The molecule has 1 amide bonds. The van der Waals surface area contributed by atoms with Gasteiger partial charge in [-0.2, -0.15) is 5.10 Å². The van der Waals surface area contributed by atoms with Crippen LogP contribution in [0.25, 0.3) is 5.76 Å². The highest BCUT2D eigenvalue weighted by molar-refractivity contribution is 6.46. The summed E-state index contributed by atoms with van der Waals surface area (Å²) in [6.45, 7) is 0.475. The lowest BCUT2D eigenvalue weighted by molar-refractivity contribution is -0.138. The number of ketones is 1. The molecule has 1 aliphatic rings. The number of hydrogen-bond acceptors (Lipinski definition) is 4. The molecule has 1 N–H and O–H groups in total. The van der Waals surface area contributed by atoms with E-state index in [1.807, 2.05) is 0 Å². The highest BCUT2D eigenvalue weighted by Crippen LogP contribution is 2.21. The number of Topliss-reactive ketones (excluding diaryl/α,β-unsaturated/α-hetero) is 1. The molecule has 1 aromatic heterocycles. The zero-order valence-electron chi connectivity index (χ0n) is 12.4. The first-order valence-electron chi connectivity index (χ1n) is 6.95. The minimum absolute atomic E-state index is 0.0684. The summed E-state index contributed by atoms with van der Waals surface area (Å²) in [5.41, 5.74) is 1.28. The third-order valence-electron chi connectivity index (χ3n) is 3.66. The van der Waals surface area contributed by atoms with Crippen LogP contribution >= 0.6 is 0 Å². The fourth-order valence-corrected chi connectivity index (χ4v) is 2.39. The molecule has 118 valence electrons. The quantitative estimate of drug-likeness (QED) is 0.527. The molecule has 0 saturated carbocycles. The average molecular weight is 315 g/mol. The first kappa shape index (κ1) is 15.0. The summed E-state index contributed by atoms with van der Waals surface area (Å²) in [6, 6.07) is 6.00. The summed E-state index contributed by atoms with van der Waals surface area (Å²) in [5, 5.41) is 14.3. The topological polar surface area (TPSA) is 75.4 Å². The second-order valence-corrected chi connectivity index (χ2v) is 5.37. The molecule has 1 aliphatic heterocycles. The van der Waals surface area contributed by atoms with E-state index in [1.54, 1.807) is 23.0 Å². The van der Waals surface area contributed by atoms with Crippen LogP contribution in [0.3, 0.4) is 0 Å². The van der Waals surface area contributed by atoms with Crippen molar-refractivity contribution >= 4 is 17.4 Å². The predicted molar refractivity (Wildman–Crippen MR) is 79.9 cm³/mol. The molecule has 0 aliphatic carbocycles. The third kappa shape index (κ3) is 2.85. The molecule has 0 atom stereocenters. The summed E-state index contributed by atoms with van der Waals surface area (Å²) in [6.07, 6.45) is 2.99. The summed E-state index contributed by atoms with van der Waals surface area (Å²) >= 11 is 0. The van der Waals surface area contributed by atoms with E-state index >= 15 is 0 Å². The van der Waals surface area contributed by atoms with Gasteiger partial charge >= 0.3 is 0 Å². The molecule has 7 heteroatoms. The van der Waals surface area contributed by atoms with E-state index in [4.69, 9.17) is 0 Å². The van der Waals surface area contributed by atoms with Crippen molar-refractivity contribution in [2.24, 2.45) is 0 Å². The molecule has 0 radical (unpaired) electrons. The Hall–Kier alpha value is -2.96. The van der Waals surface area contributed by atoms with Crippen LogP contribution in [0.15, 0.2) is 42.2 Å². The molecule has 0 unspecified atom stereocenters. The number of likely N-dealkylation sites (tertiary alicyclic amines) is 1. The van der Waals surface area contributed by atoms with Crippen LogP contribution in [0, 0.1) is 5.82 Å². The molecule has 2 aromatic rings. The lowest BCUT2D eigenvalue weighted by Crippen LogP contribution is -2.22. The van der Waals surface area contributed by atoms with Gasteiger partial charge in [-0.3, -0.25) is 14.3 Å². The predicted octanol–water partition coefficient (Wildman–Crippen LogP) is 1.38. The molecular formula is C16H14FN3O3. The molecule has 1 saturated heterocycles. The van der Waals surface area contributed by atoms with Crippen LogP contribution in [0.1, 0.15) is 11.1 Å². The Balaban J connectivity index is 1.83. The molecule has 3 rings (SSSR count). The Morgan fingerprint density at radius 2 is 2.00 bits per heavy atom. The standard InChI is InChI=1S/C16H14FN3O3/c1-19-9-13(15(22)16(19)23)14(21)11-6-18-20(8-11)7-10-2-4-12(17)5-3-10/h2-6,8,21H,7,9H2,1H3. The van der Waals surface area contributed by atoms with E-state index < -0.39 is 11.7 Å². The van der Waals surface area contributed by atoms with E-state index in [2.05, 4.69) is 5.10 Å². The van der Waals surface area contributed by atoms with E-state index in [0.717, 1.165) is 5.56 Å². The lowest BCUT2D eigenvalue weighted by Gasteiger charge is -2.04. The average Bonchev–Trinajstić information content (AvgIpc) is 3.10. The van der Waals surface area contributed by atoms with Crippen molar-refractivity contribution in [1.29, 1.82) is 0 Å². The Labute approximate surface area is 131 Å². The number of likely N-dealkylation sites (N-methyl/N-ethyl adjacent to an activating group) is 1. The van der Waals surface area contributed by atoms with Gasteiger partial charge in [-0.05, 0) is 17.7 Å². The van der Waals surface area contributed by atoms with Gasteiger partial charge in [0, 0.05) is 13.2 Å². The Morgan fingerprint density at radius 3 is 2.61 bits per heavy atom. The first-order valence-corrected chi connectivity index (χ1v) is 6.95. The van der Waals surface area contributed by atoms with Gasteiger partial charge in [-0.25, -0.2) is 4.39 Å². The second kappa shape index (κ2) is 5.68. The van der Waals surface area contributed by atoms with Gasteiger partial charge in [0.15, 0.2) is 0 Å². The molecular weight excluding hydrogens is 301 g/mol. The number of aliphatic hydroxyl groups is 1. The summed E-state index contributed by atoms with van der Waals surface area (Å²) < 4.78 is 14.4. The van der Waals surface area contributed by atoms with E-state index in [0.29, 0.717) is 12.1 Å². The minimum Gasteiger partial charge on any atom is -0.507 e. The number of carbonyl (C=O) groups is 2. The van der Waals surface area contributed by atoms with Crippen molar-refractivity contribution in [1.82, 2.24) is 14.7 Å². The fourth-order valence-electron chi connectivity index (χ4n) is 2.39. The number of aliphatic hydroxyl groups excluding tert-OH is 1. The number of halogens is 1. The maximum Gasteiger partial charge on any atom is 0.294 e. The van der Waals surface area contributed by atoms with Crippen LogP contribution in [0.4, 0.5) is 4.39 Å². The Morgan fingerprint density at radius 1 is 1.30 bits per heavy atom. The lowest BCUT2D eigenvalue weighted by atomic mass is 10.1. The number of benzene rings is 1. The van der Waals surface area contributed by atoms with Gasteiger partial charge in [-0.15, -0.1) is 0 Å². The molecule has 0 bridgehead atoms. The number of rotatable bonds is 3. The molecule has 0 spiro atoms. The Kier molecular flexibility index (Phi) is 3.69. The van der Waals surface area contributed by atoms with Gasteiger partial charge in [0.2, 0.25) is 0 Å². The summed E-state index contributed by atoms with van der Waals surface area (Å²) in [4.78, 5) is 24.5. The SMILES string of the molecule is CN1CC(=C(O)c2cnn(Cc3ccc(F)cc3)c2)C(=O)C1=O. The molecule has 1 fully saturated rings. The van der Waals surface area contributed by atoms with Gasteiger partial charge in [0.1, 0.15) is 11.6 Å². The first-order chi connectivity index (χ1) is 11.0. The zero-order chi connectivity index (χ0) is 16.6. The van der Waals surface area contributed by atoms with Gasteiger partial charge in [-0.1, -0.05) is 12.1 Å². The van der Waals surface area contributed by atoms with E-state index in [-0.39, 0.29) is 23.7 Å². The summed E-state index contributed by atoms with van der Waals surface area (Å²) in [7, 11) is 1.50. The molecule has 6 nitrogen and oxygen atoms in total. The van der Waals surface area contributed by atoms with Crippen molar-refractivity contribution < 1.29 is 19.1 Å². The van der Waals surface area contributed by atoms with Crippen LogP contribution in [-0.2, 0) is 16.1 Å². The number of nitrogens with zero attached hydrogens (tertiary/aromatic N) is 3. The van der Waals surface area contributed by atoms with Crippen LogP contribution in [-0.4, -0.2) is 45.1 Å². The van der Waals surface area contributed by atoms with Crippen LogP contribution in [0.5, 0.6) is 0 Å². The zero-order valence-corrected chi connectivity index (χ0v) is 12.4. The van der Waals surface area contributed by atoms with Gasteiger partial charge in [0.05, 0.1) is 30.4 Å². The number of hydrogen-bond donors (Lipinski definition) is 1. The molecule has 23 heavy (non-hydrogen) atoms. The maximum atomic E-state index is 12.9. The van der Waals surface area contributed by atoms with Gasteiger partial charge in [0.25, 0.3) is 11.7 Å². The minimum atomic E-state index is -0.698. The van der Waals surface area contributed by atoms with Crippen molar-refractivity contribution in [2.75, 3.05) is 13.6 Å². The van der Waals surface area contributed by atoms with Crippen molar-refractivity contribution in [3.63, 3.8) is 0 Å². The molecule has 1 aromatic carbocycles. The number of carbonyl (C=O) groups excluding carboxylic acids is 2. The third-order valence-corrected chi connectivity index (χ3v) is 3.66. The smallest absolute Gasteiger partial charge is 0.294 e. The van der Waals surface area contributed by atoms with Crippen LogP contribution in [0.2, 0.25) is 0 Å². The fraction of sp³-hybridized carbons (Fsp3) is 0.188. The summed E-state index contributed by atoms with van der Waals surface area (Å²) in [5.74, 6) is -1.88. The van der Waals surface area contributed by atoms with Crippen LogP contribution < -0.4 is 0 Å². The maximum absolute atomic E-state index is 12.9.